The van der Waals surface area contributed by atoms with Gasteiger partial charge in [0.25, 0.3) is 11.5 Å². The summed E-state index contributed by atoms with van der Waals surface area (Å²) in [5.41, 5.74) is 5.95. The average Bonchev–Trinajstić information content (AvgIpc) is 3.15. The number of thioether (sulfide) groups is 1. The van der Waals surface area contributed by atoms with E-state index in [2.05, 4.69) is 10.3 Å². The summed E-state index contributed by atoms with van der Waals surface area (Å²) in [5.74, 6) is -0.915. The van der Waals surface area contributed by atoms with Gasteiger partial charge in [-0.05, 0) is 30.5 Å². The number of carbonyl (C=O) groups is 2. The molecular formula is C19H20N4O4S2. The molecular weight excluding hydrogens is 412 g/mol. The highest BCUT2D eigenvalue weighted by molar-refractivity contribution is 7.99. The Bertz CT molecular complexity index is 1110. The van der Waals surface area contributed by atoms with E-state index in [1.807, 2.05) is 6.92 Å². The molecule has 3 N–H and O–H groups in total. The second kappa shape index (κ2) is 9.21. The molecule has 2 amide bonds. The van der Waals surface area contributed by atoms with E-state index in [0.717, 1.165) is 11.8 Å². The van der Waals surface area contributed by atoms with Crippen LogP contribution in [-0.2, 0) is 9.53 Å². The first-order valence-electron chi connectivity index (χ1n) is 8.72. The lowest BCUT2D eigenvalue weighted by molar-refractivity contribution is -0.113. The van der Waals surface area contributed by atoms with Crippen LogP contribution < -0.4 is 16.6 Å². The summed E-state index contributed by atoms with van der Waals surface area (Å²) < 4.78 is 6.74. The van der Waals surface area contributed by atoms with E-state index in [1.165, 1.54) is 11.3 Å². The fraction of sp³-hybridized carbons (Fsp3) is 0.263. The minimum Gasteiger partial charge on any atom is -0.383 e. The van der Waals surface area contributed by atoms with E-state index in [0.29, 0.717) is 27.7 Å². The minimum atomic E-state index is -0.604. The van der Waals surface area contributed by atoms with E-state index < -0.39 is 5.91 Å². The molecule has 10 heteroatoms. The highest BCUT2D eigenvalue weighted by Gasteiger charge is 2.18. The summed E-state index contributed by atoms with van der Waals surface area (Å²) >= 11 is 2.36. The van der Waals surface area contributed by atoms with Gasteiger partial charge in [0, 0.05) is 7.11 Å². The number of fused-ring (bicyclic) bond motifs is 1. The van der Waals surface area contributed by atoms with Crippen LogP contribution in [0.25, 0.3) is 10.9 Å². The molecule has 3 rings (SSSR count). The zero-order valence-corrected chi connectivity index (χ0v) is 17.5. The molecule has 0 saturated heterocycles. The number of carbonyl (C=O) groups excluding carboxylic acids is 2. The van der Waals surface area contributed by atoms with Gasteiger partial charge in [0.15, 0.2) is 5.16 Å². The largest absolute Gasteiger partial charge is 0.383 e. The zero-order chi connectivity index (χ0) is 21.0. The summed E-state index contributed by atoms with van der Waals surface area (Å²) in [6, 6.07) is 8.38. The van der Waals surface area contributed by atoms with Crippen molar-refractivity contribution in [2.45, 2.75) is 18.1 Å². The summed E-state index contributed by atoms with van der Waals surface area (Å²) in [6.45, 7) is 2.19. The lowest BCUT2D eigenvalue weighted by atomic mass is 10.2. The molecule has 0 saturated carbocycles. The first kappa shape index (κ1) is 21.0. The number of para-hydroxylation sites is 1. The fourth-order valence-corrected chi connectivity index (χ4v) is 4.53. The van der Waals surface area contributed by atoms with E-state index in [4.69, 9.17) is 10.5 Å². The van der Waals surface area contributed by atoms with Crippen LogP contribution in [0.2, 0.25) is 0 Å². The Morgan fingerprint density at radius 2 is 2.10 bits per heavy atom. The highest BCUT2D eigenvalue weighted by atomic mass is 32.2. The Balaban J connectivity index is 1.85. The summed E-state index contributed by atoms with van der Waals surface area (Å²) in [4.78, 5) is 41.4. The second-order valence-corrected chi connectivity index (χ2v) is 8.11. The number of methoxy groups -OCH3 is 1. The Hall–Kier alpha value is -2.69. The lowest BCUT2D eigenvalue weighted by Crippen LogP contribution is -2.29. The first-order valence-corrected chi connectivity index (χ1v) is 10.6. The van der Waals surface area contributed by atoms with Crippen LogP contribution in [0, 0.1) is 0 Å². The molecule has 0 aliphatic heterocycles. The van der Waals surface area contributed by atoms with Gasteiger partial charge in [-0.2, -0.15) is 0 Å². The van der Waals surface area contributed by atoms with Gasteiger partial charge >= 0.3 is 0 Å². The van der Waals surface area contributed by atoms with Crippen molar-refractivity contribution < 1.29 is 14.3 Å². The molecule has 0 bridgehead atoms. The summed E-state index contributed by atoms with van der Waals surface area (Å²) in [5, 5.41) is 5.70. The number of primary amides is 1. The van der Waals surface area contributed by atoms with Crippen LogP contribution in [0.1, 0.15) is 23.3 Å². The number of ether oxygens (including phenoxy) is 1. The van der Waals surface area contributed by atoms with E-state index in [-0.39, 0.29) is 28.8 Å². The number of hydrogen-bond acceptors (Lipinski definition) is 7. The van der Waals surface area contributed by atoms with E-state index >= 15 is 0 Å². The predicted molar refractivity (Wildman–Crippen MR) is 115 cm³/mol. The van der Waals surface area contributed by atoms with Crippen LogP contribution in [0.15, 0.2) is 45.7 Å². The summed E-state index contributed by atoms with van der Waals surface area (Å²) in [7, 11) is 1.56. The van der Waals surface area contributed by atoms with Gasteiger partial charge in [-0.1, -0.05) is 23.9 Å². The molecule has 1 atom stereocenters. The molecule has 3 aromatic rings. The van der Waals surface area contributed by atoms with Crippen molar-refractivity contribution in [3.8, 4) is 0 Å². The Morgan fingerprint density at radius 3 is 2.83 bits per heavy atom. The van der Waals surface area contributed by atoms with Crippen molar-refractivity contribution in [2.24, 2.45) is 5.73 Å². The standard InChI is InChI=1S/C19H20N4O4S2/c1-11(9-27-2)23-18(26)12-5-3-4-6-14(12)21-19(23)29-10-15(24)22-17-13(16(20)25)7-8-28-17/h3-8,11H,9-10H2,1-2H3,(H2,20,25)(H,22,24)/t11-/m1/s1. The van der Waals surface area contributed by atoms with Gasteiger partial charge in [0.1, 0.15) is 5.00 Å². The number of nitrogens with two attached hydrogens (primary N) is 1. The number of amides is 2. The topological polar surface area (TPSA) is 116 Å². The molecule has 2 heterocycles. The maximum Gasteiger partial charge on any atom is 0.262 e. The number of nitrogens with zero attached hydrogens (tertiary/aromatic N) is 2. The van der Waals surface area contributed by atoms with Crippen LogP contribution in [-0.4, -0.2) is 40.8 Å². The molecule has 8 nitrogen and oxygen atoms in total. The van der Waals surface area contributed by atoms with Gasteiger partial charge in [-0.25, -0.2) is 4.98 Å². The Kier molecular flexibility index (Phi) is 6.68. The fourth-order valence-electron chi connectivity index (χ4n) is 2.82. The molecule has 0 aliphatic carbocycles. The predicted octanol–water partition coefficient (Wildman–Crippen LogP) is 2.50. The number of thiophene rings is 1. The number of nitrogens with one attached hydrogen (secondary N) is 1. The monoisotopic (exact) mass is 432 g/mol. The third kappa shape index (κ3) is 4.66. The molecule has 2 aromatic heterocycles. The van der Waals surface area contributed by atoms with Crippen molar-refractivity contribution in [3.63, 3.8) is 0 Å². The van der Waals surface area contributed by atoms with Crippen molar-refractivity contribution in [2.75, 3.05) is 24.8 Å². The number of rotatable bonds is 8. The Labute approximate surface area is 175 Å². The maximum atomic E-state index is 13.0. The quantitative estimate of drug-likeness (QED) is 0.417. The van der Waals surface area contributed by atoms with Crippen molar-refractivity contribution in [1.82, 2.24) is 9.55 Å². The molecule has 1 aromatic carbocycles. The zero-order valence-electron chi connectivity index (χ0n) is 15.9. The van der Waals surface area contributed by atoms with Crippen LogP contribution in [0.5, 0.6) is 0 Å². The Morgan fingerprint density at radius 1 is 1.34 bits per heavy atom. The first-order chi connectivity index (χ1) is 13.9. The maximum absolute atomic E-state index is 13.0. The molecule has 0 aliphatic rings. The molecule has 0 fully saturated rings. The average molecular weight is 433 g/mol. The highest BCUT2D eigenvalue weighted by Crippen LogP contribution is 2.25. The molecule has 29 heavy (non-hydrogen) atoms. The van der Waals surface area contributed by atoms with Gasteiger partial charge < -0.3 is 15.8 Å². The third-order valence-corrected chi connectivity index (χ3v) is 5.92. The van der Waals surface area contributed by atoms with Gasteiger partial charge in [-0.3, -0.25) is 19.0 Å². The SMILES string of the molecule is COC[C@@H](C)n1c(SCC(=O)Nc2sccc2C(N)=O)nc2ccccc2c1=O. The number of anilines is 1. The lowest BCUT2D eigenvalue weighted by Gasteiger charge is -2.18. The smallest absolute Gasteiger partial charge is 0.262 e. The number of aromatic nitrogens is 2. The normalized spacial score (nSPS) is 12.1. The van der Waals surface area contributed by atoms with E-state index in [1.54, 1.807) is 47.4 Å². The third-order valence-electron chi connectivity index (χ3n) is 4.14. The van der Waals surface area contributed by atoms with Gasteiger partial charge in [-0.15, -0.1) is 11.3 Å². The molecule has 152 valence electrons. The summed E-state index contributed by atoms with van der Waals surface area (Å²) in [6.07, 6.45) is 0. The molecule has 0 spiro atoms. The van der Waals surface area contributed by atoms with Gasteiger partial charge in [0.2, 0.25) is 5.91 Å². The minimum absolute atomic E-state index is 0.0145. The number of benzene rings is 1. The van der Waals surface area contributed by atoms with Crippen molar-refractivity contribution in [1.29, 1.82) is 0 Å². The second-order valence-electron chi connectivity index (χ2n) is 6.26. The van der Waals surface area contributed by atoms with Crippen LogP contribution in [0.3, 0.4) is 0 Å². The number of hydrogen-bond donors (Lipinski definition) is 2. The van der Waals surface area contributed by atoms with Crippen LogP contribution in [0.4, 0.5) is 5.00 Å². The molecule has 0 radical (unpaired) electrons. The van der Waals surface area contributed by atoms with Crippen LogP contribution >= 0.6 is 23.1 Å². The van der Waals surface area contributed by atoms with Crippen molar-refractivity contribution >= 4 is 50.8 Å². The molecule has 0 unspecified atom stereocenters. The van der Waals surface area contributed by atoms with Gasteiger partial charge in [0.05, 0.1) is 34.9 Å². The van der Waals surface area contributed by atoms with E-state index in [9.17, 15) is 14.4 Å². The van der Waals surface area contributed by atoms with Crippen molar-refractivity contribution in [3.05, 3.63) is 51.6 Å².